The molecule has 0 bridgehead atoms. The number of hydrogen-bond acceptors (Lipinski definition) is 1. The van der Waals surface area contributed by atoms with Crippen molar-refractivity contribution in [1.29, 1.82) is 0 Å². The van der Waals surface area contributed by atoms with Gasteiger partial charge >= 0.3 is 0 Å². The van der Waals surface area contributed by atoms with Crippen molar-refractivity contribution >= 4 is 0 Å². The van der Waals surface area contributed by atoms with E-state index in [0.29, 0.717) is 0 Å². The van der Waals surface area contributed by atoms with Crippen molar-refractivity contribution in [1.82, 2.24) is 4.90 Å². The summed E-state index contributed by atoms with van der Waals surface area (Å²) in [4.78, 5) is 1.59. The molecular weight excluding hydrogens is 170 g/mol. The van der Waals surface area contributed by atoms with Crippen LogP contribution < -0.4 is 0 Å². The van der Waals surface area contributed by atoms with Crippen LogP contribution in [0.25, 0.3) is 0 Å². The fourth-order valence-corrected chi connectivity index (χ4v) is 1.03. The third kappa shape index (κ3) is 3.24. The Morgan fingerprint density at radius 3 is 2.79 bits per heavy atom. The van der Waals surface area contributed by atoms with Crippen LogP contribution in [0.3, 0.4) is 0 Å². The lowest BCUT2D eigenvalue weighted by Crippen LogP contribution is -2.31. The molecular formula is C13H17N. The van der Waals surface area contributed by atoms with Crippen molar-refractivity contribution in [2.24, 2.45) is 0 Å². The maximum absolute atomic E-state index is 8.26. The van der Waals surface area contributed by atoms with Crippen LogP contribution in [0.4, 0.5) is 0 Å². The minimum atomic E-state index is -1.15. The van der Waals surface area contributed by atoms with Crippen molar-refractivity contribution in [3.05, 3.63) is 35.8 Å². The molecule has 0 aliphatic carbocycles. The van der Waals surface area contributed by atoms with Crippen LogP contribution in [0, 0.1) is 12.3 Å². The fraction of sp³-hybridized carbons (Fsp3) is 0.385. The van der Waals surface area contributed by atoms with Crippen molar-refractivity contribution in [3.63, 3.8) is 0 Å². The Morgan fingerprint density at radius 1 is 1.57 bits per heavy atom. The van der Waals surface area contributed by atoms with Gasteiger partial charge in [0.05, 0.1) is 13.4 Å². The molecule has 1 aromatic rings. The largest absolute Gasteiger partial charge is 0.292 e. The normalized spacial score (nSPS) is 20.7. The number of benzene rings is 1. The molecule has 0 aromatic heterocycles. The standard InChI is InChI=1S/C13H17N/c1-4-10-14(3)12(2)11-13-8-6-5-7-9-13/h1,5-9,12H,10-11H2,2-3H3/t12-/m1/s1/i5D,6D,7D,8D,9D,12D. The molecule has 0 saturated carbocycles. The van der Waals surface area contributed by atoms with E-state index in [1.165, 1.54) is 0 Å². The highest BCUT2D eigenvalue weighted by molar-refractivity contribution is 5.15. The van der Waals surface area contributed by atoms with Crippen molar-refractivity contribution in [2.45, 2.75) is 19.4 Å². The molecule has 0 saturated heterocycles. The quantitative estimate of drug-likeness (QED) is 0.663. The summed E-state index contributed by atoms with van der Waals surface area (Å²) in [5.41, 5.74) is 0.136. The Kier molecular flexibility index (Phi) is 1.95. The third-order valence-corrected chi connectivity index (χ3v) is 1.96. The van der Waals surface area contributed by atoms with Crippen molar-refractivity contribution < 1.29 is 8.22 Å². The molecule has 0 aliphatic rings. The topological polar surface area (TPSA) is 3.24 Å². The lowest BCUT2D eigenvalue weighted by atomic mass is 10.1. The zero-order valence-electron chi connectivity index (χ0n) is 14.4. The van der Waals surface area contributed by atoms with Gasteiger partial charge in [0.15, 0.2) is 0 Å². The van der Waals surface area contributed by atoms with Gasteiger partial charge < -0.3 is 0 Å². The summed E-state index contributed by atoms with van der Waals surface area (Å²) in [7, 11) is 1.67. The number of rotatable bonds is 4. The second-order valence-corrected chi connectivity index (χ2v) is 3.08. The van der Waals surface area contributed by atoms with Gasteiger partial charge in [0.2, 0.25) is 0 Å². The van der Waals surface area contributed by atoms with E-state index in [4.69, 9.17) is 14.6 Å². The second kappa shape index (κ2) is 5.47. The van der Waals surface area contributed by atoms with Crippen LogP contribution in [0.5, 0.6) is 0 Å². The molecule has 0 fully saturated rings. The molecule has 1 nitrogen and oxygen atoms in total. The average Bonchev–Trinajstić information content (AvgIpc) is 2.39. The van der Waals surface area contributed by atoms with Gasteiger partial charge in [0.25, 0.3) is 0 Å². The average molecular weight is 193 g/mol. The summed E-state index contributed by atoms with van der Waals surface area (Å²) in [5, 5.41) is 0. The Labute approximate surface area is 95.2 Å². The van der Waals surface area contributed by atoms with Crippen LogP contribution in [-0.2, 0) is 6.42 Å². The first-order chi connectivity index (χ1) is 9.13. The first kappa shape index (κ1) is 5.00. The molecule has 0 radical (unpaired) electrons. The zero-order chi connectivity index (χ0) is 15.7. The smallest absolute Gasteiger partial charge is 0.0626 e. The maximum atomic E-state index is 8.26. The van der Waals surface area contributed by atoms with Gasteiger partial charge in [-0.05, 0) is 26.0 Å². The van der Waals surface area contributed by atoms with E-state index in [2.05, 4.69) is 5.92 Å². The van der Waals surface area contributed by atoms with Gasteiger partial charge in [0, 0.05) is 7.39 Å². The van der Waals surface area contributed by atoms with Crippen molar-refractivity contribution in [3.8, 4) is 12.3 Å². The van der Waals surface area contributed by atoms with E-state index in [1.807, 2.05) is 0 Å². The molecule has 0 N–H and O–H groups in total. The summed E-state index contributed by atoms with van der Waals surface area (Å²) in [6.45, 7) is 1.85. The van der Waals surface area contributed by atoms with Gasteiger partial charge in [-0.25, -0.2) is 0 Å². The molecule has 1 heteroatoms. The SMILES string of the molecule is [2H]c1c([2H])c([2H])c(C[C@@]([2H])(C)N(C)CC#C)c([2H])c1[2H]. The fourth-order valence-electron chi connectivity index (χ4n) is 1.03. The Morgan fingerprint density at radius 2 is 2.21 bits per heavy atom. The molecule has 1 aromatic carbocycles. The summed E-state index contributed by atoms with van der Waals surface area (Å²) < 4.78 is 46.7. The van der Waals surface area contributed by atoms with Crippen LogP contribution in [0.15, 0.2) is 30.2 Å². The van der Waals surface area contributed by atoms with E-state index < -0.39 is 12.1 Å². The molecule has 1 atom stereocenters. The minimum absolute atomic E-state index is 0.000880. The van der Waals surface area contributed by atoms with E-state index >= 15 is 0 Å². The highest BCUT2D eigenvalue weighted by atomic mass is 15.1. The van der Waals surface area contributed by atoms with Crippen LogP contribution in [0.1, 0.15) is 20.7 Å². The molecule has 0 unspecified atom stereocenters. The maximum Gasteiger partial charge on any atom is 0.0626 e. The van der Waals surface area contributed by atoms with Gasteiger partial charge in [-0.3, -0.25) is 4.90 Å². The molecule has 0 amide bonds. The first-order valence-corrected chi connectivity index (χ1v) is 4.34. The zero-order valence-corrected chi connectivity index (χ0v) is 8.44. The first-order valence-electron chi connectivity index (χ1n) is 7.34. The molecule has 74 valence electrons. The minimum Gasteiger partial charge on any atom is -0.292 e. The number of terminal acetylenes is 1. The van der Waals surface area contributed by atoms with E-state index in [9.17, 15) is 0 Å². The van der Waals surface area contributed by atoms with E-state index in [1.54, 1.807) is 18.9 Å². The summed E-state index contributed by atoms with van der Waals surface area (Å²) in [6, 6.07) is -2.85. The van der Waals surface area contributed by atoms with Crippen LogP contribution in [-0.4, -0.2) is 24.5 Å². The lowest BCUT2D eigenvalue weighted by Gasteiger charge is -2.22. The molecule has 0 aliphatic heterocycles. The van der Waals surface area contributed by atoms with Crippen molar-refractivity contribution in [2.75, 3.05) is 13.6 Å². The summed E-state index contributed by atoms with van der Waals surface area (Å²) in [6.07, 6.45) is 5.21. The van der Waals surface area contributed by atoms with Gasteiger partial charge in [-0.2, -0.15) is 0 Å². The van der Waals surface area contributed by atoms with E-state index in [0.717, 1.165) is 0 Å². The highest BCUT2D eigenvalue weighted by Crippen LogP contribution is 2.06. The number of likely N-dealkylation sites (N-methyl/N-ethyl adjacent to an activating group) is 1. The number of hydrogen-bond donors (Lipinski definition) is 0. The molecule has 14 heavy (non-hydrogen) atoms. The summed E-state index contributed by atoms with van der Waals surface area (Å²) >= 11 is 0. The van der Waals surface area contributed by atoms with E-state index in [-0.39, 0.29) is 42.7 Å². The number of nitrogens with zero attached hydrogens (tertiary/aromatic N) is 1. The second-order valence-electron chi connectivity index (χ2n) is 3.08. The Bertz CT molecular complexity index is 532. The monoisotopic (exact) mass is 193 g/mol. The molecule has 1 rings (SSSR count). The lowest BCUT2D eigenvalue weighted by molar-refractivity contribution is 0.287. The molecule has 0 heterocycles. The van der Waals surface area contributed by atoms with Crippen LogP contribution in [0.2, 0.25) is 0 Å². The summed E-state index contributed by atoms with van der Waals surface area (Å²) in [5.74, 6) is 2.43. The van der Waals surface area contributed by atoms with Crippen LogP contribution >= 0.6 is 0 Å². The van der Waals surface area contributed by atoms with Gasteiger partial charge in [-0.1, -0.05) is 36.1 Å². The van der Waals surface area contributed by atoms with Gasteiger partial charge in [-0.15, -0.1) is 6.42 Å². The predicted octanol–water partition coefficient (Wildman–Crippen LogP) is 2.18. The Balaban J connectivity index is 3.26. The third-order valence-electron chi connectivity index (χ3n) is 1.96. The highest BCUT2D eigenvalue weighted by Gasteiger charge is 2.07. The molecule has 0 spiro atoms. The Hall–Kier alpha value is -1.26. The van der Waals surface area contributed by atoms with Gasteiger partial charge in [0.1, 0.15) is 0 Å². The predicted molar refractivity (Wildman–Crippen MR) is 61.1 cm³/mol.